The van der Waals surface area contributed by atoms with E-state index in [1.807, 2.05) is 36.4 Å². The minimum atomic E-state index is -0.116. The molecule has 0 saturated heterocycles. The molecule has 24 heavy (non-hydrogen) atoms. The number of hydrogen-bond acceptors (Lipinski definition) is 5. The van der Waals surface area contributed by atoms with Crippen LogP contribution in [0.4, 0.5) is 17.3 Å². The minimum Gasteiger partial charge on any atom is -0.493 e. The maximum atomic E-state index is 11.1. The number of carbonyl (C=O) groups is 1. The second-order valence-corrected chi connectivity index (χ2v) is 5.20. The fraction of sp³-hybridized carbons (Fsp3) is 0.176. The van der Waals surface area contributed by atoms with Crippen LogP contribution in [-0.2, 0) is 4.79 Å². The number of anilines is 3. The summed E-state index contributed by atoms with van der Waals surface area (Å²) in [6.07, 6.45) is 0. The Morgan fingerprint density at radius 3 is 2.50 bits per heavy atom. The lowest BCUT2D eigenvalue weighted by Gasteiger charge is -2.06. The summed E-state index contributed by atoms with van der Waals surface area (Å²) in [6.45, 7) is 1.47. The number of aromatic amines is 1. The molecule has 0 aliphatic heterocycles. The number of benzene rings is 2. The van der Waals surface area contributed by atoms with Crippen LogP contribution in [0.1, 0.15) is 6.92 Å². The lowest BCUT2D eigenvalue weighted by Crippen LogP contribution is -2.05. The van der Waals surface area contributed by atoms with E-state index < -0.39 is 0 Å². The second kappa shape index (κ2) is 6.49. The molecular weight excluding hydrogens is 308 g/mol. The van der Waals surface area contributed by atoms with E-state index in [1.54, 1.807) is 14.2 Å². The number of methoxy groups -OCH3 is 2. The molecule has 0 fully saturated rings. The molecule has 0 saturated carbocycles. The predicted octanol–water partition coefficient (Wildman–Crippen LogP) is 3.28. The molecule has 124 valence electrons. The molecular formula is C17H18N4O3. The molecule has 0 unspecified atom stereocenters. The predicted molar refractivity (Wildman–Crippen MR) is 93.2 cm³/mol. The molecule has 7 nitrogen and oxygen atoms in total. The third-order valence-electron chi connectivity index (χ3n) is 3.43. The molecule has 0 bridgehead atoms. The highest BCUT2D eigenvalue weighted by molar-refractivity contribution is 5.89. The lowest BCUT2D eigenvalue weighted by molar-refractivity contribution is -0.114. The van der Waals surface area contributed by atoms with Crippen molar-refractivity contribution < 1.29 is 14.3 Å². The summed E-state index contributed by atoms with van der Waals surface area (Å²) in [5, 5.41) is 5.93. The highest BCUT2D eigenvalue weighted by Gasteiger charge is 2.10. The Morgan fingerprint density at radius 1 is 1.08 bits per heavy atom. The van der Waals surface area contributed by atoms with E-state index in [1.165, 1.54) is 6.92 Å². The Morgan fingerprint density at radius 2 is 1.79 bits per heavy atom. The van der Waals surface area contributed by atoms with Crippen molar-refractivity contribution in [1.29, 1.82) is 0 Å². The number of imidazole rings is 1. The minimum absolute atomic E-state index is 0.116. The summed E-state index contributed by atoms with van der Waals surface area (Å²) in [5.74, 6) is 1.72. The van der Waals surface area contributed by atoms with E-state index in [4.69, 9.17) is 9.47 Å². The van der Waals surface area contributed by atoms with Gasteiger partial charge in [0.25, 0.3) is 0 Å². The average molecular weight is 326 g/mol. The first-order valence-corrected chi connectivity index (χ1v) is 7.35. The summed E-state index contributed by atoms with van der Waals surface area (Å²) in [4.78, 5) is 18.8. The van der Waals surface area contributed by atoms with Crippen LogP contribution in [0, 0.1) is 0 Å². The third-order valence-corrected chi connectivity index (χ3v) is 3.43. The Kier molecular flexibility index (Phi) is 4.24. The fourth-order valence-corrected chi connectivity index (χ4v) is 2.41. The molecule has 0 atom stereocenters. The molecule has 1 aromatic heterocycles. The van der Waals surface area contributed by atoms with Gasteiger partial charge in [-0.2, -0.15) is 0 Å². The molecule has 2 aromatic carbocycles. The topological polar surface area (TPSA) is 88.3 Å². The van der Waals surface area contributed by atoms with Crippen LogP contribution in [0.5, 0.6) is 11.5 Å². The molecule has 1 amide bonds. The van der Waals surface area contributed by atoms with E-state index in [9.17, 15) is 4.79 Å². The Bertz CT molecular complexity index is 848. The van der Waals surface area contributed by atoms with Gasteiger partial charge in [0.2, 0.25) is 11.9 Å². The van der Waals surface area contributed by atoms with E-state index in [-0.39, 0.29) is 5.91 Å². The molecule has 3 rings (SSSR count). The Labute approximate surface area is 139 Å². The smallest absolute Gasteiger partial charge is 0.221 e. The van der Waals surface area contributed by atoms with Gasteiger partial charge in [-0.25, -0.2) is 4.98 Å². The number of nitrogens with zero attached hydrogens (tertiary/aromatic N) is 1. The highest BCUT2D eigenvalue weighted by Crippen LogP contribution is 2.32. The van der Waals surface area contributed by atoms with Crippen LogP contribution in [0.3, 0.4) is 0 Å². The highest BCUT2D eigenvalue weighted by atomic mass is 16.5. The van der Waals surface area contributed by atoms with Crippen LogP contribution in [-0.4, -0.2) is 30.1 Å². The molecule has 0 aliphatic carbocycles. The number of H-pyrrole nitrogens is 1. The van der Waals surface area contributed by atoms with E-state index in [0.29, 0.717) is 23.1 Å². The van der Waals surface area contributed by atoms with Crippen molar-refractivity contribution in [3.8, 4) is 11.5 Å². The summed E-state index contributed by atoms with van der Waals surface area (Å²) in [7, 11) is 3.18. The van der Waals surface area contributed by atoms with Gasteiger partial charge in [-0.05, 0) is 18.2 Å². The van der Waals surface area contributed by atoms with Crippen LogP contribution in [0.15, 0.2) is 36.4 Å². The van der Waals surface area contributed by atoms with Crippen LogP contribution < -0.4 is 20.1 Å². The molecule has 1 heterocycles. The third kappa shape index (κ3) is 3.24. The van der Waals surface area contributed by atoms with Crippen molar-refractivity contribution in [3.05, 3.63) is 36.4 Å². The van der Waals surface area contributed by atoms with Crippen molar-refractivity contribution in [1.82, 2.24) is 9.97 Å². The van der Waals surface area contributed by atoms with Crippen molar-refractivity contribution in [3.63, 3.8) is 0 Å². The number of hydrogen-bond donors (Lipinski definition) is 3. The normalized spacial score (nSPS) is 10.5. The van der Waals surface area contributed by atoms with E-state index in [2.05, 4.69) is 20.6 Å². The zero-order valence-corrected chi connectivity index (χ0v) is 13.6. The molecule has 3 N–H and O–H groups in total. The Balaban J connectivity index is 1.89. The summed E-state index contributed by atoms with van der Waals surface area (Å²) < 4.78 is 10.6. The van der Waals surface area contributed by atoms with Crippen LogP contribution in [0.2, 0.25) is 0 Å². The zero-order valence-electron chi connectivity index (χ0n) is 13.6. The average Bonchev–Trinajstić information content (AvgIpc) is 2.94. The van der Waals surface area contributed by atoms with Gasteiger partial charge in [-0.15, -0.1) is 0 Å². The first kappa shape index (κ1) is 15.7. The lowest BCUT2D eigenvalue weighted by atomic mass is 10.3. The van der Waals surface area contributed by atoms with Gasteiger partial charge in [-0.1, -0.05) is 6.07 Å². The number of fused-ring (bicyclic) bond motifs is 1. The summed E-state index contributed by atoms with van der Waals surface area (Å²) in [6, 6.07) is 11.0. The first-order valence-electron chi connectivity index (χ1n) is 7.35. The largest absolute Gasteiger partial charge is 0.493 e. The molecule has 0 radical (unpaired) electrons. The van der Waals surface area contributed by atoms with Crippen molar-refractivity contribution in [2.24, 2.45) is 0 Å². The fourth-order valence-electron chi connectivity index (χ4n) is 2.41. The van der Waals surface area contributed by atoms with Crippen LogP contribution in [0.25, 0.3) is 11.0 Å². The maximum absolute atomic E-state index is 11.1. The van der Waals surface area contributed by atoms with Gasteiger partial charge in [0.1, 0.15) is 0 Å². The number of aromatic nitrogens is 2. The monoisotopic (exact) mass is 326 g/mol. The summed E-state index contributed by atoms with van der Waals surface area (Å²) >= 11 is 0. The zero-order chi connectivity index (χ0) is 17.1. The van der Waals surface area contributed by atoms with Gasteiger partial charge in [-0.3, -0.25) is 4.79 Å². The van der Waals surface area contributed by atoms with E-state index in [0.717, 1.165) is 16.7 Å². The number of ether oxygens (including phenoxy) is 2. The first-order chi connectivity index (χ1) is 11.6. The van der Waals surface area contributed by atoms with Crippen molar-refractivity contribution >= 4 is 34.3 Å². The summed E-state index contributed by atoms with van der Waals surface area (Å²) in [5.41, 5.74) is 3.10. The molecule has 7 heteroatoms. The Hall–Kier alpha value is -3.22. The standard InChI is InChI=1S/C17H18N4O3/c1-10(22)18-11-5-4-6-12(7-11)19-17-20-13-8-15(23-2)16(24-3)9-14(13)21-17/h4-9H,1-3H3,(H,18,22)(H2,19,20,21). The second-order valence-electron chi connectivity index (χ2n) is 5.20. The number of rotatable bonds is 5. The van der Waals surface area contributed by atoms with Crippen molar-refractivity contribution in [2.75, 3.05) is 24.9 Å². The van der Waals surface area contributed by atoms with E-state index >= 15 is 0 Å². The van der Waals surface area contributed by atoms with Gasteiger partial charge < -0.3 is 25.1 Å². The number of nitrogens with one attached hydrogen (secondary N) is 3. The quantitative estimate of drug-likeness (QED) is 0.669. The molecule has 3 aromatic rings. The van der Waals surface area contributed by atoms with Crippen LogP contribution >= 0.6 is 0 Å². The SMILES string of the molecule is COc1cc2nc(Nc3cccc(NC(C)=O)c3)[nH]c2cc1OC. The molecule has 0 aliphatic rings. The molecule has 0 spiro atoms. The van der Waals surface area contributed by atoms with Crippen molar-refractivity contribution in [2.45, 2.75) is 6.92 Å². The van der Waals surface area contributed by atoms with Gasteiger partial charge >= 0.3 is 0 Å². The van der Waals surface area contributed by atoms with Gasteiger partial charge in [0, 0.05) is 30.4 Å². The van der Waals surface area contributed by atoms with Gasteiger partial charge in [0.15, 0.2) is 11.5 Å². The maximum Gasteiger partial charge on any atom is 0.221 e. The number of carbonyl (C=O) groups excluding carboxylic acids is 1. The number of amides is 1. The van der Waals surface area contributed by atoms with Gasteiger partial charge in [0.05, 0.1) is 25.3 Å².